The molecule has 1 aliphatic rings. The Labute approximate surface area is 53.9 Å². The fourth-order valence-electron chi connectivity index (χ4n) is 0.592. The molecule has 0 radical (unpaired) electrons. The van der Waals surface area contributed by atoms with Crippen molar-refractivity contribution in [3.05, 3.63) is 0 Å². The topological polar surface area (TPSA) is 38.8 Å². The predicted octanol–water partition coefficient (Wildman–Crippen LogP) is 0.338. The lowest BCUT2D eigenvalue weighted by molar-refractivity contribution is -0.143. The van der Waals surface area contributed by atoms with Gasteiger partial charge in [0.1, 0.15) is 0 Å². The van der Waals surface area contributed by atoms with E-state index in [1.807, 2.05) is 0 Å². The summed E-state index contributed by atoms with van der Waals surface area (Å²) in [6.45, 7) is 2.98. The third-order valence-electron chi connectivity index (χ3n) is 1.10. The summed E-state index contributed by atoms with van der Waals surface area (Å²) in [4.78, 5) is 10.6. The van der Waals surface area contributed by atoms with Gasteiger partial charge in [0.2, 0.25) is 0 Å². The number of hydrogen-bond donors (Lipinski definition) is 0. The quantitative estimate of drug-likeness (QED) is 0.408. The largest absolute Gasteiger partial charge is 0.466 e. The van der Waals surface area contributed by atoms with Crippen LogP contribution in [-0.2, 0) is 14.3 Å². The molecule has 0 aromatic heterocycles. The first kappa shape index (κ1) is 6.55. The van der Waals surface area contributed by atoms with Crippen molar-refractivity contribution >= 4 is 5.97 Å². The van der Waals surface area contributed by atoms with Crippen molar-refractivity contribution in [2.75, 3.05) is 13.2 Å². The predicted molar refractivity (Wildman–Crippen MR) is 31.0 cm³/mol. The van der Waals surface area contributed by atoms with E-state index in [0.29, 0.717) is 13.0 Å². The molecule has 0 amide bonds. The molecule has 1 fully saturated rings. The molecule has 3 heteroatoms. The maximum Gasteiger partial charge on any atom is 0.308 e. The molecule has 0 aliphatic carbocycles. The fraction of sp³-hybridized carbons (Fsp3) is 0.833. The number of esters is 1. The van der Waals surface area contributed by atoms with Crippen LogP contribution in [0.1, 0.15) is 13.3 Å². The van der Waals surface area contributed by atoms with Crippen molar-refractivity contribution in [2.45, 2.75) is 19.4 Å². The number of epoxide rings is 1. The van der Waals surface area contributed by atoms with Crippen LogP contribution in [0, 0.1) is 0 Å². The Morgan fingerprint density at radius 1 is 1.89 bits per heavy atom. The van der Waals surface area contributed by atoms with Gasteiger partial charge in [-0.1, -0.05) is 0 Å². The molecular weight excluding hydrogens is 120 g/mol. The molecule has 0 aromatic rings. The summed E-state index contributed by atoms with van der Waals surface area (Å²) in [5.41, 5.74) is 0. The molecule has 0 aromatic carbocycles. The molecule has 1 rings (SSSR count). The lowest BCUT2D eigenvalue weighted by Crippen LogP contribution is -2.06. The smallest absolute Gasteiger partial charge is 0.308 e. The van der Waals surface area contributed by atoms with Crippen molar-refractivity contribution in [2.24, 2.45) is 0 Å². The highest BCUT2D eigenvalue weighted by atomic mass is 16.6. The lowest BCUT2D eigenvalue weighted by Gasteiger charge is -1.96. The van der Waals surface area contributed by atoms with Crippen LogP contribution in [0.25, 0.3) is 0 Å². The Bertz CT molecular complexity index is 107. The maximum atomic E-state index is 10.6. The standard InChI is InChI=1S/C6H10O3/c1-2-8-6(7)3-5-4-9-5/h5H,2-4H2,1H3/t5-/m0/s1. The summed E-state index contributed by atoms with van der Waals surface area (Å²) in [5.74, 6) is -0.153. The van der Waals surface area contributed by atoms with Crippen molar-refractivity contribution in [3.8, 4) is 0 Å². The lowest BCUT2D eigenvalue weighted by atomic mass is 10.3. The molecule has 1 aliphatic heterocycles. The minimum absolute atomic E-state index is 0.153. The molecule has 52 valence electrons. The van der Waals surface area contributed by atoms with E-state index >= 15 is 0 Å². The Hall–Kier alpha value is -0.570. The summed E-state index contributed by atoms with van der Waals surface area (Å²) in [7, 11) is 0. The molecule has 3 nitrogen and oxygen atoms in total. The van der Waals surface area contributed by atoms with E-state index in [1.165, 1.54) is 0 Å². The van der Waals surface area contributed by atoms with Gasteiger partial charge >= 0.3 is 5.97 Å². The van der Waals surface area contributed by atoms with E-state index in [-0.39, 0.29) is 12.1 Å². The number of carbonyl (C=O) groups excluding carboxylic acids is 1. The van der Waals surface area contributed by atoms with Crippen LogP contribution in [0.15, 0.2) is 0 Å². The molecule has 0 saturated carbocycles. The van der Waals surface area contributed by atoms with Gasteiger partial charge in [0.15, 0.2) is 0 Å². The van der Waals surface area contributed by atoms with Gasteiger partial charge in [-0.25, -0.2) is 0 Å². The second-order valence-electron chi connectivity index (χ2n) is 1.96. The second kappa shape index (κ2) is 2.82. The number of ether oxygens (including phenoxy) is 2. The van der Waals surface area contributed by atoms with Crippen molar-refractivity contribution < 1.29 is 14.3 Å². The highest BCUT2D eigenvalue weighted by Gasteiger charge is 2.25. The SMILES string of the molecule is CCOC(=O)C[C@H]1CO1. The van der Waals surface area contributed by atoms with Crippen LogP contribution in [0.4, 0.5) is 0 Å². The zero-order valence-corrected chi connectivity index (χ0v) is 5.42. The highest BCUT2D eigenvalue weighted by molar-refractivity contribution is 5.70. The second-order valence-corrected chi connectivity index (χ2v) is 1.96. The first-order valence-electron chi connectivity index (χ1n) is 3.10. The van der Waals surface area contributed by atoms with Gasteiger partial charge in [-0.3, -0.25) is 4.79 Å². The molecule has 0 unspecified atom stereocenters. The van der Waals surface area contributed by atoms with Crippen LogP contribution < -0.4 is 0 Å². The van der Waals surface area contributed by atoms with Crippen molar-refractivity contribution in [3.63, 3.8) is 0 Å². The van der Waals surface area contributed by atoms with Crippen LogP contribution in [0.3, 0.4) is 0 Å². The zero-order chi connectivity index (χ0) is 6.69. The van der Waals surface area contributed by atoms with Crippen LogP contribution in [0.2, 0.25) is 0 Å². The molecule has 1 saturated heterocycles. The van der Waals surface area contributed by atoms with Gasteiger partial charge in [0, 0.05) is 0 Å². The highest BCUT2D eigenvalue weighted by Crippen LogP contribution is 2.13. The fourth-order valence-corrected chi connectivity index (χ4v) is 0.592. The zero-order valence-electron chi connectivity index (χ0n) is 5.42. The van der Waals surface area contributed by atoms with E-state index in [4.69, 9.17) is 4.74 Å². The third-order valence-corrected chi connectivity index (χ3v) is 1.10. The van der Waals surface area contributed by atoms with Crippen molar-refractivity contribution in [1.82, 2.24) is 0 Å². The molecule has 0 bridgehead atoms. The summed E-state index contributed by atoms with van der Waals surface area (Å²) in [6, 6.07) is 0. The van der Waals surface area contributed by atoms with E-state index in [0.717, 1.165) is 6.61 Å². The van der Waals surface area contributed by atoms with E-state index in [2.05, 4.69) is 4.74 Å². The number of rotatable bonds is 3. The molecule has 9 heavy (non-hydrogen) atoms. The normalized spacial score (nSPS) is 23.4. The molecule has 1 atom stereocenters. The summed E-state index contributed by atoms with van der Waals surface area (Å²) < 4.78 is 9.50. The molecule has 0 spiro atoms. The van der Waals surface area contributed by atoms with E-state index in [1.54, 1.807) is 6.92 Å². The van der Waals surface area contributed by atoms with Crippen molar-refractivity contribution in [1.29, 1.82) is 0 Å². The minimum Gasteiger partial charge on any atom is -0.466 e. The average Bonchev–Trinajstić information content (AvgIpc) is 2.50. The first-order valence-corrected chi connectivity index (χ1v) is 3.10. The molecule has 0 N–H and O–H groups in total. The van der Waals surface area contributed by atoms with Gasteiger partial charge in [-0.15, -0.1) is 0 Å². The van der Waals surface area contributed by atoms with Gasteiger partial charge in [0.25, 0.3) is 0 Å². The average molecular weight is 130 g/mol. The molecule has 1 heterocycles. The van der Waals surface area contributed by atoms with Gasteiger partial charge in [0.05, 0.1) is 25.7 Å². The Morgan fingerprint density at radius 2 is 2.56 bits per heavy atom. The van der Waals surface area contributed by atoms with E-state index < -0.39 is 0 Å². The Morgan fingerprint density at radius 3 is 3.00 bits per heavy atom. The van der Waals surface area contributed by atoms with Crippen LogP contribution in [0.5, 0.6) is 0 Å². The van der Waals surface area contributed by atoms with Gasteiger partial charge in [-0.2, -0.15) is 0 Å². The Balaban J connectivity index is 2.02. The Kier molecular flexibility index (Phi) is 2.05. The summed E-state index contributed by atoms with van der Waals surface area (Å²) >= 11 is 0. The van der Waals surface area contributed by atoms with Crippen LogP contribution in [-0.4, -0.2) is 25.3 Å². The molecular formula is C6H10O3. The van der Waals surface area contributed by atoms with Gasteiger partial charge in [-0.05, 0) is 6.92 Å². The van der Waals surface area contributed by atoms with Gasteiger partial charge < -0.3 is 9.47 Å². The van der Waals surface area contributed by atoms with E-state index in [9.17, 15) is 4.79 Å². The minimum atomic E-state index is -0.153. The summed E-state index contributed by atoms with van der Waals surface area (Å²) in [6.07, 6.45) is 0.581. The van der Waals surface area contributed by atoms with Crippen LogP contribution >= 0.6 is 0 Å². The maximum absolute atomic E-state index is 10.6. The summed E-state index contributed by atoms with van der Waals surface area (Å²) in [5, 5.41) is 0. The number of carbonyl (C=O) groups is 1. The number of hydrogen-bond acceptors (Lipinski definition) is 3. The third kappa shape index (κ3) is 2.46. The first-order chi connectivity index (χ1) is 4.33. The monoisotopic (exact) mass is 130 g/mol.